The van der Waals surface area contributed by atoms with Crippen LogP contribution in [0.4, 0.5) is 17.6 Å². The van der Waals surface area contributed by atoms with Crippen LogP contribution in [0.1, 0.15) is 172 Å². The second-order valence-electron chi connectivity index (χ2n) is 24.6. The summed E-state index contributed by atoms with van der Waals surface area (Å²) in [6.45, 7) is 5.68. The zero-order valence-corrected chi connectivity index (χ0v) is 58.6. The quantitative estimate of drug-likeness (QED) is 0.0708. The minimum Gasteiger partial charge on any atom is -0.381 e. The molecule has 0 aromatic heterocycles. The molecule has 8 aromatic carbocycles. The molecule has 0 saturated carbocycles. The highest BCUT2D eigenvalue weighted by atomic mass is 35.5. The van der Waals surface area contributed by atoms with Crippen LogP contribution in [0.2, 0.25) is 0 Å². The number of halogens is 5. The van der Waals surface area contributed by atoms with Crippen LogP contribution in [-0.4, -0.2) is 54.1 Å². The van der Waals surface area contributed by atoms with Crippen molar-refractivity contribution in [2.24, 2.45) is 11.5 Å². The van der Waals surface area contributed by atoms with E-state index in [0.29, 0.717) is 49.8 Å². The molecule has 0 unspecified atom stereocenters. The van der Waals surface area contributed by atoms with Gasteiger partial charge in [0.05, 0.1) is 15.7 Å². The molecule has 1 amide bonds. The average Bonchev–Trinajstić information content (AvgIpc) is 0.812. The van der Waals surface area contributed by atoms with Crippen LogP contribution in [0, 0.1) is 23.3 Å². The standard InChI is InChI=1S/C20H21FO3S.C20H21FOS.C17H16FNOS.C17H18FNS.C4H8O.B.ClH/c1-14(22)10-11-15-6-5-7-16-12-18(13-19(21)20(15)16)25(23,24)17-8-3-2-4-9-17;1-14(22)10-11-15-6-5-7-16-12-18(13-19(21)20(15)16)23-17-8-3-2-4-9-17;18-15-10-13(21-12-6-2-1-3-7-12)9-11-5-4-8-14(16(11)15)17(19)20;18-16-10-15(20-14-7-2-1-3-8-14)9-12-5-4-6-13(11-19)17(12)16;1-2-4-5-3-1;;/h2-4,8-9,12-13,15H,5-7,10-11H2,1H3;2-4,8-9,12-13,15H,5-7,10-11H2,1H3;1-3,6-7,9-10,14H,4-5,8H2,(H2,19,20);1-3,7-10,13H,4-6,11,19H2;1-4H2;;1H/t2*15-;14-;13-;;;/m0010.../s1. The number of aryl methyl sites for hydroxylation is 4. The van der Waals surface area contributed by atoms with Gasteiger partial charge in [0.1, 0.15) is 34.8 Å². The van der Waals surface area contributed by atoms with Crippen molar-refractivity contribution < 1.29 is 45.1 Å². The molecule has 8 nitrogen and oxygen atoms in total. The molecule has 1 aliphatic heterocycles. The maximum absolute atomic E-state index is 14.8. The fourth-order valence-electron chi connectivity index (χ4n) is 13.2. The van der Waals surface area contributed by atoms with E-state index in [1.807, 2.05) is 97.1 Å². The van der Waals surface area contributed by atoms with Gasteiger partial charge in [-0.05, 0) is 277 Å². The van der Waals surface area contributed by atoms with E-state index in [4.69, 9.17) is 16.2 Å². The largest absolute Gasteiger partial charge is 0.381 e. The number of nitrogens with two attached hydrogens (primary N) is 2. The normalized spacial score (nSPS) is 17.2. The summed E-state index contributed by atoms with van der Waals surface area (Å²) in [4.78, 5) is 40.3. The van der Waals surface area contributed by atoms with Crippen molar-refractivity contribution in [3.05, 3.63) is 238 Å². The Bertz CT molecular complexity index is 3960. The highest BCUT2D eigenvalue weighted by Crippen LogP contribution is 2.43. The number of ketones is 2. The van der Waals surface area contributed by atoms with Crippen LogP contribution in [0.25, 0.3) is 0 Å². The lowest BCUT2D eigenvalue weighted by Crippen LogP contribution is -2.26. The van der Waals surface area contributed by atoms with Crippen molar-refractivity contribution >= 4 is 83.4 Å². The number of amides is 1. The first-order chi connectivity index (χ1) is 45.4. The van der Waals surface area contributed by atoms with E-state index in [1.165, 1.54) is 49.7 Å². The summed E-state index contributed by atoms with van der Waals surface area (Å²) in [6, 6.07) is 51.9. The Balaban J connectivity index is 0.000000175. The second kappa shape index (κ2) is 38.1. The van der Waals surface area contributed by atoms with Crippen LogP contribution in [0.5, 0.6) is 0 Å². The van der Waals surface area contributed by atoms with Crippen LogP contribution < -0.4 is 11.5 Å². The summed E-state index contributed by atoms with van der Waals surface area (Å²) in [7, 11) is -3.73. The minimum absolute atomic E-state index is 0. The fourth-order valence-corrected chi connectivity index (χ4v) is 17.3. The maximum atomic E-state index is 14.8. The fraction of sp³-hybridized carbons (Fsp3) is 0.346. The summed E-state index contributed by atoms with van der Waals surface area (Å²) in [5.41, 5.74) is 17.9. The number of fused-ring (bicyclic) bond motifs is 4. The van der Waals surface area contributed by atoms with E-state index in [2.05, 4.69) is 12.1 Å². The van der Waals surface area contributed by atoms with Crippen LogP contribution in [0.3, 0.4) is 0 Å². The first-order valence-corrected chi connectivity index (χ1v) is 36.7. The number of primary amides is 1. The molecule has 505 valence electrons. The molecule has 3 radical (unpaired) electrons. The molecular formula is C78H85BClF4N2O6S4. The van der Waals surface area contributed by atoms with Gasteiger partial charge < -0.3 is 25.8 Å². The molecule has 13 rings (SSSR count). The van der Waals surface area contributed by atoms with Gasteiger partial charge in [-0.3, -0.25) is 4.79 Å². The number of sulfone groups is 1. The summed E-state index contributed by atoms with van der Waals surface area (Å²) in [5.74, 6) is -1.23. The second-order valence-corrected chi connectivity index (χ2v) is 30.0. The van der Waals surface area contributed by atoms with Crippen molar-refractivity contribution in [2.45, 2.75) is 192 Å². The summed E-state index contributed by atoms with van der Waals surface area (Å²) < 4.78 is 88.8. The molecular weight excluding hydrogens is 1310 g/mol. The highest BCUT2D eigenvalue weighted by Gasteiger charge is 2.31. The molecule has 96 heavy (non-hydrogen) atoms. The third kappa shape index (κ3) is 21.5. The minimum atomic E-state index is -3.73. The van der Waals surface area contributed by atoms with Crippen molar-refractivity contribution in [3.63, 3.8) is 0 Å². The molecule has 0 spiro atoms. The number of carbonyl (C=O) groups excluding carboxylic acids is 3. The Morgan fingerprint density at radius 3 is 1.17 bits per heavy atom. The van der Waals surface area contributed by atoms with E-state index >= 15 is 0 Å². The zero-order chi connectivity index (χ0) is 66.6. The highest BCUT2D eigenvalue weighted by molar-refractivity contribution is 8.00. The van der Waals surface area contributed by atoms with Gasteiger partial charge in [0, 0.05) is 69.4 Å². The Kier molecular flexibility index (Phi) is 30.5. The number of carbonyl (C=O) groups is 3. The van der Waals surface area contributed by atoms with E-state index in [9.17, 15) is 40.4 Å². The first kappa shape index (κ1) is 76.9. The van der Waals surface area contributed by atoms with Crippen LogP contribution in [-0.2, 0) is 54.6 Å². The lowest BCUT2D eigenvalue weighted by Gasteiger charge is -2.26. The maximum Gasteiger partial charge on any atom is 0.225 e. The monoisotopic (exact) mass is 1400 g/mol. The third-order valence-electron chi connectivity index (χ3n) is 17.7. The predicted molar refractivity (Wildman–Crippen MR) is 383 cm³/mol. The number of hydrogen-bond donors (Lipinski definition) is 2. The molecule has 0 bridgehead atoms. The number of ether oxygens (including phenoxy) is 1. The van der Waals surface area contributed by atoms with E-state index in [1.54, 1.807) is 66.8 Å². The van der Waals surface area contributed by atoms with Gasteiger partial charge in [0.25, 0.3) is 0 Å². The Labute approximate surface area is 585 Å². The molecule has 18 heteroatoms. The van der Waals surface area contributed by atoms with Crippen molar-refractivity contribution in [2.75, 3.05) is 19.8 Å². The van der Waals surface area contributed by atoms with Gasteiger partial charge in [-0.25, -0.2) is 26.0 Å². The van der Waals surface area contributed by atoms with Gasteiger partial charge in [-0.1, -0.05) is 108 Å². The average molecular weight is 1400 g/mol. The summed E-state index contributed by atoms with van der Waals surface area (Å²) >= 11 is 4.74. The Morgan fingerprint density at radius 1 is 0.448 bits per heavy atom. The number of benzene rings is 8. The van der Waals surface area contributed by atoms with E-state index < -0.39 is 27.5 Å². The van der Waals surface area contributed by atoms with E-state index in [0.717, 1.165) is 153 Å². The zero-order valence-electron chi connectivity index (χ0n) is 54.6. The topological polar surface area (TPSA) is 147 Å². The number of Topliss-reactive ketones (excluding diaryl/α,β-unsaturated/α-hetero) is 2. The van der Waals surface area contributed by atoms with Crippen molar-refractivity contribution in [1.29, 1.82) is 0 Å². The van der Waals surface area contributed by atoms with Crippen molar-refractivity contribution in [1.82, 2.24) is 0 Å². The van der Waals surface area contributed by atoms with Crippen LogP contribution in [0.15, 0.2) is 209 Å². The molecule has 8 aromatic rings. The Hall–Kier alpha value is -6.44. The molecule has 4 atom stereocenters. The summed E-state index contributed by atoms with van der Waals surface area (Å²) in [6.07, 6.45) is 15.7. The van der Waals surface area contributed by atoms with E-state index in [-0.39, 0.29) is 77.4 Å². The number of hydrogen-bond acceptors (Lipinski definition) is 10. The smallest absolute Gasteiger partial charge is 0.225 e. The van der Waals surface area contributed by atoms with Gasteiger partial charge >= 0.3 is 0 Å². The SMILES string of the molecule is C1CCOC1.CC(=O)CC[C@@H]1CCCc2cc(S(=O)(=O)c3ccccc3)cc(F)c21.CC(=O)CC[C@@H]1CCCc2cc(Sc3ccccc3)cc(F)c21.Cl.NC(=O)[C@@H]1CCCc2cc(Sc3ccccc3)cc(F)c21.NC[C@@H]1CCCc2cc(Sc3ccccc3)cc(F)c21.[B]. The molecule has 1 heterocycles. The Morgan fingerprint density at radius 2 is 0.792 bits per heavy atom. The lowest BCUT2D eigenvalue weighted by atomic mass is 9.80. The third-order valence-corrected chi connectivity index (χ3v) is 22.4. The first-order valence-electron chi connectivity index (χ1n) is 32.8. The molecule has 4 aliphatic carbocycles. The number of rotatable bonds is 16. The molecule has 1 fully saturated rings. The molecule has 1 saturated heterocycles. The summed E-state index contributed by atoms with van der Waals surface area (Å²) in [5, 5.41) is 0. The van der Waals surface area contributed by atoms with Gasteiger partial charge in [0.2, 0.25) is 15.7 Å². The van der Waals surface area contributed by atoms with Gasteiger partial charge in [0.15, 0.2) is 0 Å². The molecule has 4 N–H and O–H groups in total. The molecule has 5 aliphatic rings. The van der Waals surface area contributed by atoms with Crippen molar-refractivity contribution in [3.8, 4) is 0 Å². The van der Waals surface area contributed by atoms with Crippen LogP contribution >= 0.6 is 47.7 Å². The van der Waals surface area contributed by atoms with Gasteiger partial charge in [-0.15, -0.1) is 12.4 Å². The van der Waals surface area contributed by atoms with Gasteiger partial charge in [-0.2, -0.15) is 0 Å². The predicted octanol–water partition coefficient (Wildman–Crippen LogP) is 19.3. The lowest BCUT2D eigenvalue weighted by molar-refractivity contribution is -0.120.